The van der Waals surface area contributed by atoms with Crippen LogP contribution in [0.3, 0.4) is 0 Å². The number of aromatic amines is 1. The van der Waals surface area contributed by atoms with Crippen LogP contribution in [0, 0.1) is 12.3 Å². The molecule has 2 heteroatoms. The van der Waals surface area contributed by atoms with Gasteiger partial charge in [0.15, 0.2) is 0 Å². The third kappa shape index (κ3) is 1.63. The molecule has 0 aliphatic rings. The summed E-state index contributed by atoms with van der Waals surface area (Å²) < 4.78 is 0. The zero-order chi connectivity index (χ0) is 9.80. The quantitative estimate of drug-likeness (QED) is 0.553. The summed E-state index contributed by atoms with van der Waals surface area (Å²) in [6.07, 6.45) is 7.18. The first-order valence-electron chi connectivity index (χ1n) is 4.61. The lowest BCUT2D eigenvalue weighted by molar-refractivity contribution is 0.775. The first-order chi connectivity index (χ1) is 6.92. The average molecular weight is 184 g/mol. The Morgan fingerprint density at radius 3 is 3.07 bits per heavy atom. The monoisotopic (exact) mass is 184 g/mol. The Kier molecular flexibility index (Phi) is 2.53. The topological polar surface area (TPSA) is 27.8 Å². The van der Waals surface area contributed by atoms with Crippen LogP contribution < -0.4 is 5.32 Å². The molecule has 0 aliphatic heterocycles. The molecule has 0 saturated heterocycles. The van der Waals surface area contributed by atoms with E-state index in [-0.39, 0.29) is 0 Å². The second-order valence-corrected chi connectivity index (χ2v) is 3.17. The van der Waals surface area contributed by atoms with Gasteiger partial charge in [0.05, 0.1) is 6.54 Å². The van der Waals surface area contributed by atoms with Gasteiger partial charge in [0.25, 0.3) is 0 Å². The Balaban J connectivity index is 2.22. The van der Waals surface area contributed by atoms with Crippen LogP contribution in [0.1, 0.15) is 5.56 Å². The lowest BCUT2D eigenvalue weighted by atomic mass is 10.2. The summed E-state index contributed by atoms with van der Waals surface area (Å²) in [5, 5.41) is 4.43. The van der Waals surface area contributed by atoms with E-state index in [2.05, 4.69) is 28.4 Å². The summed E-state index contributed by atoms with van der Waals surface area (Å²) in [4.78, 5) is 3.22. The van der Waals surface area contributed by atoms with Gasteiger partial charge in [-0.1, -0.05) is 24.1 Å². The Hall–Kier alpha value is -1.72. The highest BCUT2D eigenvalue weighted by molar-refractivity contribution is 5.82. The van der Waals surface area contributed by atoms with E-state index >= 15 is 0 Å². The summed E-state index contributed by atoms with van der Waals surface area (Å²) in [6.45, 7) is 1.42. The predicted octanol–water partition coefficient (Wildman–Crippen LogP) is 1.89. The summed E-state index contributed by atoms with van der Waals surface area (Å²) in [5.74, 6) is 2.56. The zero-order valence-electron chi connectivity index (χ0n) is 7.88. The number of terminal acetylenes is 1. The second-order valence-electron chi connectivity index (χ2n) is 3.17. The van der Waals surface area contributed by atoms with E-state index in [1.807, 2.05) is 18.3 Å². The standard InChI is InChI=1S/C12H12N2/c1-2-7-13-8-10-9-14-12-6-4-3-5-11(10)12/h1,3-6,9,13-14H,7-8H2. The molecule has 0 amide bonds. The van der Waals surface area contributed by atoms with E-state index in [1.54, 1.807) is 0 Å². The van der Waals surface area contributed by atoms with Crippen molar-refractivity contribution in [2.45, 2.75) is 6.54 Å². The molecule has 1 heterocycles. The van der Waals surface area contributed by atoms with Crippen molar-refractivity contribution >= 4 is 10.9 Å². The Labute approximate surface area is 83.3 Å². The minimum absolute atomic E-state index is 0.611. The first-order valence-corrected chi connectivity index (χ1v) is 4.61. The van der Waals surface area contributed by atoms with Crippen LogP contribution in [0.2, 0.25) is 0 Å². The minimum atomic E-state index is 0.611. The van der Waals surface area contributed by atoms with Gasteiger partial charge in [-0.15, -0.1) is 6.42 Å². The molecule has 0 bridgehead atoms. The van der Waals surface area contributed by atoms with Crippen LogP contribution in [0.4, 0.5) is 0 Å². The maximum Gasteiger partial charge on any atom is 0.0576 e. The maximum absolute atomic E-state index is 5.16. The molecular formula is C12H12N2. The molecule has 0 spiro atoms. The number of para-hydroxylation sites is 1. The minimum Gasteiger partial charge on any atom is -0.361 e. The number of nitrogens with one attached hydrogen (secondary N) is 2. The molecule has 0 unspecified atom stereocenters. The summed E-state index contributed by atoms with van der Waals surface area (Å²) in [6, 6.07) is 8.25. The Morgan fingerprint density at radius 1 is 1.36 bits per heavy atom. The Bertz CT molecular complexity index is 462. The third-order valence-corrected chi connectivity index (χ3v) is 2.22. The van der Waals surface area contributed by atoms with Crippen LogP contribution >= 0.6 is 0 Å². The van der Waals surface area contributed by atoms with Gasteiger partial charge in [-0.2, -0.15) is 0 Å². The molecule has 2 N–H and O–H groups in total. The molecule has 1 aromatic carbocycles. The average Bonchev–Trinajstić information content (AvgIpc) is 2.63. The fourth-order valence-electron chi connectivity index (χ4n) is 1.55. The van der Waals surface area contributed by atoms with E-state index in [4.69, 9.17) is 6.42 Å². The zero-order valence-corrected chi connectivity index (χ0v) is 7.88. The predicted molar refractivity (Wildman–Crippen MR) is 58.8 cm³/mol. The van der Waals surface area contributed by atoms with Gasteiger partial charge in [0.1, 0.15) is 0 Å². The van der Waals surface area contributed by atoms with Crippen LogP contribution in [0.25, 0.3) is 10.9 Å². The van der Waals surface area contributed by atoms with Crippen molar-refractivity contribution in [2.24, 2.45) is 0 Å². The van der Waals surface area contributed by atoms with Crippen molar-refractivity contribution in [2.75, 3.05) is 6.54 Å². The van der Waals surface area contributed by atoms with Crippen LogP contribution in [0.5, 0.6) is 0 Å². The maximum atomic E-state index is 5.16. The van der Waals surface area contributed by atoms with Crippen molar-refractivity contribution < 1.29 is 0 Å². The van der Waals surface area contributed by atoms with Gasteiger partial charge >= 0.3 is 0 Å². The molecule has 1 aromatic heterocycles. The normalized spacial score (nSPS) is 10.2. The number of rotatable bonds is 3. The Morgan fingerprint density at radius 2 is 2.21 bits per heavy atom. The SMILES string of the molecule is C#CCNCc1c[nH]c2ccccc12. The van der Waals surface area contributed by atoms with Crippen molar-refractivity contribution in [3.05, 3.63) is 36.0 Å². The fourth-order valence-corrected chi connectivity index (χ4v) is 1.55. The molecule has 0 saturated carbocycles. The molecule has 0 atom stereocenters. The van der Waals surface area contributed by atoms with Crippen molar-refractivity contribution in [3.63, 3.8) is 0 Å². The number of fused-ring (bicyclic) bond motifs is 1. The third-order valence-electron chi connectivity index (χ3n) is 2.22. The highest BCUT2D eigenvalue weighted by atomic mass is 14.8. The lowest BCUT2D eigenvalue weighted by Crippen LogP contribution is -2.12. The molecule has 70 valence electrons. The molecule has 2 aromatic rings. The molecule has 2 nitrogen and oxygen atoms in total. The number of H-pyrrole nitrogens is 1. The first kappa shape index (κ1) is 8.86. The van der Waals surface area contributed by atoms with Crippen molar-refractivity contribution in [1.29, 1.82) is 0 Å². The lowest BCUT2D eigenvalue weighted by Gasteiger charge is -1.98. The van der Waals surface area contributed by atoms with Crippen LogP contribution in [0.15, 0.2) is 30.5 Å². The number of hydrogen-bond acceptors (Lipinski definition) is 1. The highest BCUT2D eigenvalue weighted by Crippen LogP contribution is 2.16. The van der Waals surface area contributed by atoms with E-state index in [0.29, 0.717) is 6.54 Å². The van der Waals surface area contributed by atoms with E-state index in [0.717, 1.165) is 6.54 Å². The smallest absolute Gasteiger partial charge is 0.0576 e. The van der Waals surface area contributed by atoms with Gasteiger partial charge in [-0.25, -0.2) is 0 Å². The number of benzene rings is 1. The fraction of sp³-hybridized carbons (Fsp3) is 0.167. The van der Waals surface area contributed by atoms with E-state index in [9.17, 15) is 0 Å². The van der Waals surface area contributed by atoms with E-state index < -0.39 is 0 Å². The van der Waals surface area contributed by atoms with Crippen LogP contribution in [-0.2, 0) is 6.54 Å². The summed E-state index contributed by atoms with van der Waals surface area (Å²) >= 11 is 0. The van der Waals surface area contributed by atoms with Gasteiger partial charge in [0.2, 0.25) is 0 Å². The molecule has 0 radical (unpaired) electrons. The summed E-state index contributed by atoms with van der Waals surface area (Å²) in [5.41, 5.74) is 2.43. The second kappa shape index (κ2) is 3.99. The number of aromatic nitrogens is 1. The molecular weight excluding hydrogens is 172 g/mol. The summed E-state index contributed by atoms with van der Waals surface area (Å²) in [7, 11) is 0. The van der Waals surface area contributed by atoms with Gasteiger partial charge < -0.3 is 10.3 Å². The molecule has 0 fully saturated rings. The van der Waals surface area contributed by atoms with Gasteiger partial charge in [-0.3, -0.25) is 0 Å². The van der Waals surface area contributed by atoms with Gasteiger partial charge in [0, 0.05) is 23.6 Å². The number of hydrogen-bond donors (Lipinski definition) is 2. The molecule has 0 aliphatic carbocycles. The molecule has 14 heavy (non-hydrogen) atoms. The van der Waals surface area contributed by atoms with Gasteiger partial charge in [-0.05, 0) is 11.6 Å². The highest BCUT2D eigenvalue weighted by Gasteiger charge is 2.00. The molecule has 2 rings (SSSR count). The van der Waals surface area contributed by atoms with Crippen molar-refractivity contribution in [3.8, 4) is 12.3 Å². The van der Waals surface area contributed by atoms with Crippen LogP contribution in [-0.4, -0.2) is 11.5 Å². The largest absolute Gasteiger partial charge is 0.361 e. The van der Waals surface area contributed by atoms with E-state index in [1.165, 1.54) is 16.5 Å². The van der Waals surface area contributed by atoms with Crippen molar-refractivity contribution in [1.82, 2.24) is 10.3 Å².